The average molecular weight is 278 g/mol. The van der Waals surface area contributed by atoms with Crippen molar-refractivity contribution in [1.82, 2.24) is 4.98 Å². The van der Waals surface area contributed by atoms with Gasteiger partial charge in [0.15, 0.2) is 0 Å². The molecule has 0 atom stereocenters. The van der Waals surface area contributed by atoms with Crippen LogP contribution in [-0.4, -0.2) is 9.91 Å². The fourth-order valence-corrected chi connectivity index (χ4v) is 1.39. The Kier molecular flexibility index (Phi) is 3.26. The number of nitrogens with zero attached hydrogens (tertiary/aromatic N) is 3. The molecule has 0 aliphatic heterocycles. The molecular weight excluding hydrogens is 276 g/mol. The summed E-state index contributed by atoms with van der Waals surface area (Å²) in [6.07, 6.45) is -3.03. The first-order chi connectivity index (χ1) is 6.97. The molecule has 0 N–H and O–H groups in total. The molecule has 0 aliphatic carbocycles. The van der Waals surface area contributed by atoms with Crippen molar-refractivity contribution in [2.24, 2.45) is 0 Å². The first-order valence-corrected chi connectivity index (χ1v) is 4.29. The maximum atomic E-state index is 12.4. The minimum atomic E-state index is -3.03. The lowest BCUT2D eigenvalue weighted by Gasteiger charge is -2.02. The van der Waals surface area contributed by atoms with Crippen LogP contribution in [0, 0.1) is 21.4 Å². The number of alkyl halides is 2. The van der Waals surface area contributed by atoms with Crippen LogP contribution in [0.2, 0.25) is 0 Å². The molecule has 8 heteroatoms. The fourth-order valence-electron chi connectivity index (χ4n) is 0.962. The molecular formula is C7H2BrF2N3O2. The van der Waals surface area contributed by atoms with Crippen LogP contribution in [0.15, 0.2) is 10.7 Å². The highest BCUT2D eigenvalue weighted by molar-refractivity contribution is 9.10. The van der Waals surface area contributed by atoms with Crippen molar-refractivity contribution in [1.29, 1.82) is 5.26 Å². The number of pyridine rings is 1. The smallest absolute Gasteiger partial charge is 0.258 e. The zero-order chi connectivity index (χ0) is 11.6. The summed E-state index contributed by atoms with van der Waals surface area (Å²) in [5.74, 6) is 0. The van der Waals surface area contributed by atoms with Gasteiger partial charge in [-0.3, -0.25) is 10.1 Å². The van der Waals surface area contributed by atoms with E-state index in [1.165, 1.54) is 6.07 Å². The van der Waals surface area contributed by atoms with Gasteiger partial charge >= 0.3 is 5.69 Å². The Balaban J connectivity index is 3.56. The third-order valence-electron chi connectivity index (χ3n) is 1.51. The lowest BCUT2D eigenvalue weighted by Crippen LogP contribution is -2.01. The number of nitriles is 1. The molecule has 0 aromatic carbocycles. The summed E-state index contributed by atoms with van der Waals surface area (Å²) in [6, 6.07) is 2.22. The molecule has 0 amide bonds. The van der Waals surface area contributed by atoms with Crippen molar-refractivity contribution in [2.45, 2.75) is 6.43 Å². The number of rotatable bonds is 2. The predicted molar refractivity (Wildman–Crippen MR) is 48.3 cm³/mol. The van der Waals surface area contributed by atoms with E-state index in [4.69, 9.17) is 5.26 Å². The van der Waals surface area contributed by atoms with Gasteiger partial charge in [-0.05, 0) is 22.0 Å². The van der Waals surface area contributed by atoms with Gasteiger partial charge in [0, 0.05) is 0 Å². The summed E-state index contributed by atoms with van der Waals surface area (Å²) in [4.78, 5) is 12.9. The Labute approximate surface area is 90.6 Å². The van der Waals surface area contributed by atoms with Gasteiger partial charge in [0.25, 0.3) is 6.43 Å². The Bertz CT molecular complexity index is 458. The van der Waals surface area contributed by atoms with E-state index in [9.17, 15) is 18.9 Å². The fraction of sp³-hybridized carbons (Fsp3) is 0.143. The van der Waals surface area contributed by atoms with Crippen LogP contribution in [0.1, 0.15) is 17.7 Å². The van der Waals surface area contributed by atoms with Gasteiger partial charge in [-0.15, -0.1) is 0 Å². The number of hydrogen-bond acceptors (Lipinski definition) is 4. The van der Waals surface area contributed by atoms with Gasteiger partial charge in [0.2, 0.25) is 5.69 Å². The molecule has 0 aliphatic rings. The summed E-state index contributed by atoms with van der Waals surface area (Å²) in [6.45, 7) is 0. The molecule has 0 fully saturated rings. The molecule has 0 unspecified atom stereocenters. The summed E-state index contributed by atoms with van der Waals surface area (Å²) >= 11 is 2.79. The topological polar surface area (TPSA) is 79.8 Å². The van der Waals surface area contributed by atoms with Crippen molar-refractivity contribution in [3.05, 3.63) is 32.0 Å². The van der Waals surface area contributed by atoms with Crippen LogP contribution in [-0.2, 0) is 0 Å². The molecule has 1 aromatic rings. The maximum Gasteiger partial charge on any atom is 0.314 e. The zero-order valence-electron chi connectivity index (χ0n) is 6.95. The van der Waals surface area contributed by atoms with Crippen LogP contribution in [0.4, 0.5) is 14.5 Å². The van der Waals surface area contributed by atoms with Crippen molar-refractivity contribution in [3.8, 4) is 6.07 Å². The van der Waals surface area contributed by atoms with Crippen LogP contribution >= 0.6 is 15.9 Å². The van der Waals surface area contributed by atoms with E-state index in [2.05, 4.69) is 20.9 Å². The van der Waals surface area contributed by atoms with Crippen molar-refractivity contribution < 1.29 is 13.7 Å². The summed E-state index contributed by atoms with van der Waals surface area (Å²) in [5, 5.41) is 19.0. The molecule has 1 aromatic heterocycles. The van der Waals surface area contributed by atoms with Gasteiger partial charge in [-0.1, -0.05) is 0 Å². The number of hydrogen-bond donors (Lipinski definition) is 0. The monoisotopic (exact) mass is 277 g/mol. The van der Waals surface area contributed by atoms with E-state index in [0.717, 1.165) is 6.07 Å². The minimum absolute atomic E-state index is 0.0417. The van der Waals surface area contributed by atoms with Crippen LogP contribution < -0.4 is 0 Å². The Hall–Kier alpha value is -1.62. The molecule has 5 nitrogen and oxygen atoms in total. The molecule has 15 heavy (non-hydrogen) atoms. The molecule has 0 bridgehead atoms. The molecule has 1 rings (SSSR count). The summed E-state index contributed by atoms with van der Waals surface area (Å²) in [5.41, 5.74) is -2.40. The second-order valence-electron chi connectivity index (χ2n) is 2.40. The third kappa shape index (κ3) is 2.24. The largest absolute Gasteiger partial charge is 0.314 e. The predicted octanol–water partition coefficient (Wildman–Crippen LogP) is 2.56. The maximum absolute atomic E-state index is 12.4. The second kappa shape index (κ2) is 4.27. The van der Waals surface area contributed by atoms with Crippen molar-refractivity contribution in [2.75, 3.05) is 0 Å². The quantitative estimate of drug-likeness (QED) is 0.473. The number of nitro groups is 1. The normalized spacial score (nSPS) is 10.1. The molecule has 0 saturated heterocycles. The van der Waals surface area contributed by atoms with Gasteiger partial charge in [-0.2, -0.15) is 5.26 Å². The Morgan fingerprint density at radius 2 is 2.27 bits per heavy atom. The third-order valence-corrected chi connectivity index (χ3v) is 1.92. The molecule has 1 heterocycles. The lowest BCUT2D eigenvalue weighted by atomic mass is 10.2. The van der Waals surface area contributed by atoms with Crippen LogP contribution in [0.25, 0.3) is 0 Å². The first kappa shape index (κ1) is 11.5. The van der Waals surface area contributed by atoms with Gasteiger partial charge < -0.3 is 0 Å². The number of aromatic nitrogens is 1. The Morgan fingerprint density at radius 1 is 1.67 bits per heavy atom. The van der Waals surface area contributed by atoms with Crippen molar-refractivity contribution >= 4 is 21.6 Å². The zero-order valence-corrected chi connectivity index (χ0v) is 8.53. The summed E-state index contributed by atoms with van der Waals surface area (Å²) in [7, 11) is 0. The van der Waals surface area contributed by atoms with Crippen LogP contribution in [0.5, 0.6) is 0 Å². The van der Waals surface area contributed by atoms with Gasteiger partial charge in [0.1, 0.15) is 16.2 Å². The van der Waals surface area contributed by atoms with E-state index < -0.39 is 28.3 Å². The van der Waals surface area contributed by atoms with Gasteiger partial charge in [-0.25, -0.2) is 13.8 Å². The second-order valence-corrected chi connectivity index (χ2v) is 3.21. The molecule has 0 spiro atoms. The van der Waals surface area contributed by atoms with Gasteiger partial charge in [0.05, 0.1) is 4.92 Å². The highest BCUT2D eigenvalue weighted by atomic mass is 79.9. The van der Waals surface area contributed by atoms with E-state index >= 15 is 0 Å². The van der Waals surface area contributed by atoms with Crippen molar-refractivity contribution in [3.63, 3.8) is 0 Å². The highest BCUT2D eigenvalue weighted by Gasteiger charge is 2.27. The average Bonchev–Trinajstić information content (AvgIpc) is 2.15. The first-order valence-electron chi connectivity index (χ1n) is 3.50. The SMILES string of the molecule is N#Cc1nc(Br)cc(C(F)F)c1[N+](=O)[O-]. The number of halogens is 3. The van der Waals surface area contributed by atoms with Crippen LogP contribution in [0.3, 0.4) is 0 Å². The standard InChI is InChI=1S/C7H2BrF2N3O2/c8-5-1-3(7(9)10)6(13(14)15)4(2-11)12-5/h1,7H. The van der Waals surface area contributed by atoms with E-state index in [1.54, 1.807) is 0 Å². The van der Waals surface area contributed by atoms with E-state index in [1.807, 2.05) is 0 Å². The molecule has 78 valence electrons. The van der Waals surface area contributed by atoms with E-state index in [-0.39, 0.29) is 4.60 Å². The lowest BCUT2D eigenvalue weighted by molar-refractivity contribution is -0.386. The Morgan fingerprint density at radius 3 is 2.67 bits per heavy atom. The minimum Gasteiger partial charge on any atom is -0.258 e. The molecule has 0 radical (unpaired) electrons. The molecule has 0 saturated carbocycles. The summed E-state index contributed by atoms with van der Waals surface area (Å²) < 4.78 is 24.8. The highest BCUT2D eigenvalue weighted by Crippen LogP contribution is 2.32. The van der Waals surface area contributed by atoms with E-state index in [0.29, 0.717) is 0 Å².